The van der Waals surface area contributed by atoms with E-state index in [0.29, 0.717) is 0 Å². The van der Waals surface area contributed by atoms with Crippen molar-refractivity contribution in [2.75, 3.05) is 0 Å². The fourth-order valence-corrected chi connectivity index (χ4v) is 4.36. The van der Waals surface area contributed by atoms with E-state index < -0.39 is 0 Å². The van der Waals surface area contributed by atoms with Crippen LogP contribution in [-0.2, 0) is 0 Å². The molecule has 4 unspecified atom stereocenters. The number of rotatable bonds is 3. The van der Waals surface area contributed by atoms with Crippen LogP contribution in [-0.4, -0.2) is 0 Å². The van der Waals surface area contributed by atoms with Crippen LogP contribution >= 0.6 is 15.9 Å². The lowest BCUT2D eigenvalue weighted by Gasteiger charge is -2.25. The summed E-state index contributed by atoms with van der Waals surface area (Å²) in [4.78, 5) is 0. The smallest absolute Gasteiger partial charge is 0.0297 e. The Morgan fingerprint density at radius 2 is 2.17 bits per heavy atom. The molecule has 4 atom stereocenters. The maximum atomic E-state index is 6.40. The molecule has 0 amide bonds. The Labute approximate surface area is 118 Å². The van der Waals surface area contributed by atoms with E-state index in [9.17, 15) is 0 Å². The van der Waals surface area contributed by atoms with E-state index in [1.807, 2.05) is 0 Å². The van der Waals surface area contributed by atoms with E-state index in [-0.39, 0.29) is 6.04 Å². The molecule has 2 fully saturated rings. The molecule has 2 saturated carbocycles. The zero-order chi connectivity index (χ0) is 12.7. The Bertz CT molecular complexity index is 443. The summed E-state index contributed by atoms with van der Waals surface area (Å²) in [5.41, 5.74) is 8.98. The van der Waals surface area contributed by atoms with Crippen molar-refractivity contribution in [2.45, 2.75) is 45.1 Å². The molecule has 2 aliphatic rings. The number of hydrogen-bond donors (Lipinski definition) is 1. The number of nitrogens with two attached hydrogens (primary N) is 1. The summed E-state index contributed by atoms with van der Waals surface area (Å²) in [6, 6.07) is 6.77. The maximum Gasteiger partial charge on any atom is 0.0297 e. The van der Waals surface area contributed by atoms with Gasteiger partial charge in [-0.05, 0) is 67.6 Å². The summed E-state index contributed by atoms with van der Waals surface area (Å²) >= 11 is 3.60. The van der Waals surface area contributed by atoms with E-state index in [2.05, 4.69) is 41.1 Å². The summed E-state index contributed by atoms with van der Waals surface area (Å²) in [5.74, 6) is 2.89. The first kappa shape index (κ1) is 12.7. The first-order valence-corrected chi connectivity index (χ1v) is 7.94. The third kappa shape index (κ3) is 2.37. The number of aryl methyl sites for hydroxylation is 1. The highest BCUT2D eigenvalue weighted by molar-refractivity contribution is 9.10. The Morgan fingerprint density at radius 1 is 1.33 bits per heavy atom. The van der Waals surface area contributed by atoms with Crippen LogP contribution in [0.5, 0.6) is 0 Å². The van der Waals surface area contributed by atoms with Crippen molar-refractivity contribution < 1.29 is 0 Å². The van der Waals surface area contributed by atoms with Crippen LogP contribution < -0.4 is 5.73 Å². The van der Waals surface area contributed by atoms with Gasteiger partial charge in [-0.1, -0.05) is 34.5 Å². The van der Waals surface area contributed by atoms with Gasteiger partial charge in [-0.2, -0.15) is 0 Å². The molecule has 98 valence electrons. The Kier molecular flexibility index (Phi) is 3.50. The molecule has 0 saturated heterocycles. The van der Waals surface area contributed by atoms with Crippen LogP contribution in [0.1, 0.15) is 49.3 Å². The SMILES string of the molecule is Cc1ccc(C(N)CC2CC3CCC2C3)cc1Br. The van der Waals surface area contributed by atoms with Crippen LogP contribution in [0.3, 0.4) is 0 Å². The molecule has 2 bridgehead atoms. The van der Waals surface area contributed by atoms with Gasteiger partial charge in [0.15, 0.2) is 0 Å². The van der Waals surface area contributed by atoms with Crippen molar-refractivity contribution in [3.05, 3.63) is 33.8 Å². The quantitative estimate of drug-likeness (QED) is 0.869. The molecule has 0 aromatic heterocycles. The van der Waals surface area contributed by atoms with Gasteiger partial charge >= 0.3 is 0 Å². The molecule has 0 aliphatic heterocycles. The number of hydrogen-bond acceptors (Lipinski definition) is 1. The predicted molar refractivity (Wildman–Crippen MR) is 79.4 cm³/mol. The number of halogens is 1. The van der Waals surface area contributed by atoms with Crippen molar-refractivity contribution in [3.8, 4) is 0 Å². The van der Waals surface area contributed by atoms with Crippen LogP contribution in [0.15, 0.2) is 22.7 Å². The molecule has 1 aromatic rings. The van der Waals surface area contributed by atoms with Crippen LogP contribution in [0.25, 0.3) is 0 Å². The van der Waals surface area contributed by atoms with Gasteiger partial charge in [0.1, 0.15) is 0 Å². The standard InChI is InChI=1S/C16H22BrN/c1-10-2-4-13(8-15(10)17)16(18)9-14-7-11-3-5-12(14)6-11/h2,4,8,11-12,14,16H,3,5-7,9,18H2,1H3. The van der Waals surface area contributed by atoms with Crippen molar-refractivity contribution in [1.82, 2.24) is 0 Å². The Balaban J connectivity index is 1.67. The normalized spacial score (nSPS) is 31.8. The lowest BCUT2D eigenvalue weighted by atomic mass is 9.83. The van der Waals surface area contributed by atoms with Gasteiger partial charge in [0.2, 0.25) is 0 Å². The van der Waals surface area contributed by atoms with Crippen molar-refractivity contribution in [3.63, 3.8) is 0 Å². The maximum absolute atomic E-state index is 6.40. The minimum atomic E-state index is 0.214. The molecule has 2 heteroatoms. The first-order valence-electron chi connectivity index (χ1n) is 7.15. The lowest BCUT2D eigenvalue weighted by molar-refractivity contribution is 0.296. The average Bonchev–Trinajstić information content (AvgIpc) is 2.94. The topological polar surface area (TPSA) is 26.0 Å². The third-order valence-corrected chi connectivity index (χ3v) is 5.92. The largest absolute Gasteiger partial charge is 0.324 e. The molecule has 2 aliphatic carbocycles. The fraction of sp³-hybridized carbons (Fsp3) is 0.625. The fourth-order valence-electron chi connectivity index (χ4n) is 3.97. The summed E-state index contributed by atoms with van der Waals surface area (Å²) in [7, 11) is 0. The molecule has 2 N–H and O–H groups in total. The minimum Gasteiger partial charge on any atom is -0.324 e. The molecular weight excluding hydrogens is 286 g/mol. The molecule has 18 heavy (non-hydrogen) atoms. The average molecular weight is 308 g/mol. The van der Waals surface area contributed by atoms with E-state index in [4.69, 9.17) is 5.73 Å². The van der Waals surface area contributed by atoms with Crippen molar-refractivity contribution in [2.24, 2.45) is 23.5 Å². The molecule has 3 rings (SSSR count). The van der Waals surface area contributed by atoms with Gasteiger partial charge in [0, 0.05) is 10.5 Å². The van der Waals surface area contributed by atoms with Gasteiger partial charge in [0.25, 0.3) is 0 Å². The monoisotopic (exact) mass is 307 g/mol. The van der Waals surface area contributed by atoms with Crippen LogP contribution in [0.2, 0.25) is 0 Å². The van der Waals surface area contributed by atoms with Gasteiger partial charge in [-0.15, -0.1) is 0 Å². The summed E-state index contributed by atoms with van der Waals surface area (Å²) in [5, 5.41) is 0. The van der Waals surface area contributed by atoms with E-state index in [0.717, 1.165) is 17.8 Å². The summed E-state index contributed by atoms with van der Waals surface area (Å²) in [6.07, 6.45) is 7.03. The second kappa shape index (κ2) is 4.97. The highest BCUT2D eigenvalue weighted by Gasteiger charge is 2.39. The highest BCUT2D eigenvalue weighted by Crippen LogP contribution is 2.50. The van der Waals surface area contributed by atoms with Crippen LogP contribution in [0.4, 0.5) is 0 Å². The van der Waals surface area contributed by atoms with Crippen molar-refractivity contribution in [1.29, 1.82) is 0 Å². The molecule has 0 spiro atoms. The number of fused-ring (bicyclic) bond motifs is 2. The predicted octanol–water partition coefficient (Wildman–Crippen LogP) is 4.58. The van der Waals surface area contributed by atoms with Crippen LogP contribution in [0, 0.1) is 24.7 Å². The zero-order valence-corrected chi connectivity index (χ0v) is 12.6. The zero-order valence-electron chi connectivity index (χ0n) is 11.0. The third-order valence-electron chi connectivity index (χ3n) is 5.07. The highest BCUT2D eigenvalue weighted by atomic mass is 79.9. The number of benzene rings is 1. The summed E-state index contributed by atoms with van der Waals surface area (Å²) in [6.45, 7) is 2.12. The van der Waals surface area contributed by atoms with Gasteiger partial charge in [-0.25, -0.2) is 0 Å². The second-order valence-electron chi connectivity index (χ2n) is 6.29. The molecule has 1 aromatic carbocycles. The van der Waals surface area contributed by atoms with Gasteiger partial charge in [-0.3, -0.25) is 0 Å². The molecule has 0 heterocycles. The first-order chi connectivity index (χ1) is 8.63. The minimum absolute atomic E-state index is 0.214. The second-order valence-corrected chi connectivity index (χ2v) is 7.14. The Morgan fingerprint density at radius 3 is 2.78 bits per heavy atom. The molecule has 1 nitrogen and oxygen atoms in total. The van der Waals surface area contributed by atoms with Crippen molar-refractivity contribution >= 4 is 15.9 Å². The lowest BCUT2D eigenvalue weighted by Crippen LogP contribution is -2.19. The van der Waals surface area contributed by atoms with E-state index in [1.165, 1.54) is 47.7 Å². The van der Waals surface area contributed by atoms with E-state index >= 15 is 0 Å². The van der Waals surface area contributed by atoms with Gasteiger partial charge < -0.3 is 5.73 Å². The Hall–Kier alpha value is -0.340. The molecular formula is C16H22BrN. The molecule has 0 radical (unpaired) electrons. The van der Waals surface area contributed by atoms with Gasteiger partial charge in [0.05, 0.1) is 0 Å². The summed E-state index contributed by atoms with van der Waals surface area (Å²) < 4.78 is 1.18. The van der Waals surface area contributed by atoms with E-state index in [1.54, 1.807) is 0 Å².